The Hall–Kier alpha value is -2.52. The molecule has 2 aromatic rings. The summed E-state index contributed by atoms with van der Waals surface area (Å²) in [5.74, 6) is 0.385. The average Bonchev–Trinajstić information content (AvgIpc) is 3.28. The highest BCUT2D eigenvalue weighted by Crippen LogP contribution is 2.34. The van der Waals surface area contributed by atoms with E-state index >= 15 is 0 Å². The summed E-state index contributed by atoms with van der Waals surface area (Å²) in [5, 5.41) is 4.03. The first kappa shape index (κ1) is 22.3. The van der Waals surface area contributed by atoms with Crippen LogP contribution in [0.5, 0.6) is 0 Å². The maximum absolute atomic E-state index is 13.0. The summed E-state index contributed by atoms with van der Waals surface area (Å²) in [4.78, 5) is 21.8. The molecule has 2 atom stereocenters. The van der Waals surface area contributed by atoms with Crippen LogP contribution in [0.3, 0.4) is 0 Å². The Labute approximate surface area is 199 Å². The first-order valence-corrected chi connectivity index (χ1v) is 13.9. The van der Waals surface area contributed by atoms with Crippen molar-refractivity contribution in [1.29, 1.82) is 0 Å². The maximum Gasteiger partial charge on any atom is 0.253 e. The van der Waals surface area contributed by atoms with E-state index in [9.17, 15) is 13.2 Å². The third kappa shape index (κ3) is 4.61. The molecule has 0 aliphatic carbocycles. The van der Waals surface area contributed by atoms with E-state index in [1.165, 1.54) is 28.6 Å². The average molecular weight is 485 g/mol. The van der Waals surface area contributed by atoms with Gasteiger partial charge in [0.1, 0.15) is 0 Å². The van der Waals surface area contributed by atoms with Crippen LogP contribution in [0.1, 0.15) is 21.5 Å². The van der Waals surface area contributed by atoms with Gasteiger partial charge in [-0.05, 0) is 55.3 Å². The molecule has 2 fully saturated rings. The van der Waals surface area contributed by atoms with Crippen molar-refractivity contribution in [2.75, 3.05) is 47.9 Å². The van der Waals surface area contributed by atoms with E-state index in [4.69, 9.17) is 0 Å². The van der Waals surface area contributed by atoms with E-state index in [1.807, 2.05) is 29.2 Å². The third-order valence-electron chi connectivity index (χ3n) is 6.68. The Bertz CT molecular complexity index is 1200. The second kappa shape index (κ2) is 8.68. The molecule has 3 heterocycles. The number of benzene rings is 2. The Morgan fingerprint density at radius 1 is 1.03 bits per heavy atom. The van der Waals surface area contributed by atoms with Crippen molar-refractivity contribution in [2.45, 2.75) is 25.1 Å². The first-order valence-electron chi connectivity index (χ1n) is 11.2. The molecular formula is C24H28N4O3S2. The van der Waals surface area contributed by atoms with Crippen molar-refractivity contribution in [2.24, 2.45) is 4.99 Å². The van der Waals surface area contributed by atoms with Gasteiger partial charge in [0.2, 0.25) is 0 Å². The van der Waals surface area contributed by atoms with Gasteiger partial charge in [-0.1, -0.05) is 23.9 Å². The Balaban J connectivity index is 1.17. The number of aryl methyl sites for hydroxylation is 1. The zero-order valence-electron chi connectivity index (χ0n) is 18.8. The molecule has 0 radical (unpaired) electrons. The van der Waals surface area contributed by atoms with Crippen molar-refractivity contribution in [3.05, 3.63) is 59.2 Å². The number of thioether (sulfide) groups is 1. The number of amidine groups is 1. The molecule has 0 aromatic heterocycles. The van der Waals surface area contributed by atoms with Gasteiger partial charge in [-0.25, -0.2) is 8.42 Å². The fraction of sp³-hybridized carbons (Fsp3) is 0.417. The molecule has 1 N–H and O–H groups in total. The van der Waals surface area contributed by atoms with E-state index in [1.54, 1.807) is 0 Å². The fourth-order valence-electron chi connectivity index (χ4n) is 4.65. The second-order valence-electron chi connectivity index (χ2n) is 8.94. The number of sulfone groups is 1. The summed E-state index contributed by atoms with van der Waals surface area (Å²) >= 11 is 1.49. The van der Waals surface area contributed by atoms with Crippen LogP contribution in [0.2, 0.25) is 0 Å². The number of anilines is 2. The lowest BCUT2D eigenvalue weighted by Gasteiger charge is -2.37. The Kier molecular flexibility index (Phi) is 5.86. The van der Waals surface area contributed by atoms with Crippen molar-refractivity contribution in [3.8, 4) is 0 Å². The van der Waals surface area contributed by atoms with E-state index in [0.717, 1.165) is 23.9 Å². The van der Waals surface area contributed by atoms with Gasteiger partial charge < -0.3 is 15.1 Å². The summed E-state index contributed by atoms with van der Waals surface area (Å²) in [6.07, 6.45) is 0. The van der Waals surface area contributed by atoms with Crippen LogP contribution >= 0.6 is 11.8 Å². The number of carbonyl (C=O) groups is 1. The van der Waals surface area contributed by atoms with Crippen LogP contribution in [0.15, 0.2) is 47.5 Å². The highest BCUT2D eigenvalue weighted by atomic mass is 32.2. The molecule has 2 aromatic carbocycles. The summed E-state index contributed by atoms with van der Waals surface area (Å²) in [6, 6.07) is 13.7. The number of nitrogens with one attached hydrogen (secondary N) is 1. The normalized spacial score (nSPS) is 23.9. The van der Waals surface area contributed by atoms with E-state index < -0.39 is 9.84 Å². The molecule has 3 aliphatic rings. The lowest BCUT2D eigenvalue weighted by Crippen LogP contribution is -2.49. The predicted octanol–water partition coefficient (Wildman–Crippen LogP) is 2.95. The summed E-state index contributed by atoms with van der Waals surface area (Å²) < 4.78 is 23.4. The van der Waals surface area contributed by atoms with Gasteiger partial charge >= 0.3 is 0 Å². The molecule has 0 spiro atoms. The van der Waals surface area contributed by atoms with Crippen molar-refractivity contribution in [1.82, 2.24) is 4.90 Å². The van der Waals surface area contributed by atoms with Gasteiger partial charge in [-0.3, -0.25) is 9.79 Å². The van der Waals surface area contributed by atoms with Crippen LogP contribution in [-0.2, 0) is 9.84 Å². The number of rotatable bonds is 3. The van der Waals surface area contributed by atoms with Crippen LogP contribution < -0.4 is 10.2 Å². The van der Waals surface area contributed by atoms with Crippen molar-refractivity contribution in [3.63, 3.8) is 0 Å². The Morgan fingerprint density at radius 2 is 1.76 bits per heavy atom. The molecule has 2 saturated heterocycles. The van der Waals surface area contributed by atoms with Crippen LogP contribution in [0.4, 0.5) is 11.4 Å². The highest BCUT2D eigenvalue weighted by Gasteiger charge is 2.42. The molecule has 0 bridgehead atoms. The maximum atomic E-state index is 13.0. The standard InChI is InChI=1S/C24H28N4O3S2/c1-16-4-3-5-21(17(16)2)27-10-12-28(13-11-27)23(29)18-6-8-19(9-7-18)25-24-26-20-14-33(30,31)15-22(20)32-24/h3-9,20,22H,10-15H2,1-2H3,(H,25,26)/t20-,22+/m1/s1. The molecule has 0 unspecified atom stereocenters. The number of carbonyl (C=O) groups excluding carboxylic acids is 1. The van der Waals surface area contributed by atoms with E-state index in [0.29, 0.717) is 18.7 Å². The smallest absolute Gasteiger partial charge is 0.253 e. The first-order chi connectivity index (χ1) is 15.8. The highest BCUT2D eigenvalue weighted by molar-refractivity contribution is 8.15. The van der Waals surface area contributed by atoms with Gasteiger partial charge in [-0.2, -0.15) is 0 Å². The second-order valence-corrected chi connectivity index (χ2v) is 12.3. The molecule has 174 valence electrons. The molecule has 0 saturated carbocycles. The molecular weight excluding hydrogens is 456 g/mol. The largest absolute Gasteiger partial charge is 0.368 e. The number of piperazine rings is 1. The summed E-state index contributed by atoms with van der Waals surface area (Å²) in [6.45, 7) is 7.33. The lowest BCUT2D eigenvalue weighted by molar-refractivity contribution is 0.0747. The molecule has 9 heteroatoms. The molecule has 5 rings (SSSR count). The van der Waals surface area contributed by atoms with E-state index in [2.05, 4.69) is 47.3 Å². The fourth-order valence-corrected chi connectivity index (χ4v) is 8.32. The van der Waals surface area contributed by atoms with Crippen LogP contribution in [0.25, 0.3) is 0 Å². The number of amides is 1. The van der Waals surface area contributed by atoms with E-state index in [-0.39, 0.29) is 28.7 Å². The number of hydrogen-bond donors (Lipinski definition) is 1. The molecule has 7 nitrogen and oxygen atoms in total. The lowest BCUT2D eigenvalue weighted by atomic mass is 10.1. The SMILES string of the molecule is Cc1cccc(N2CCN(C(=O)c3ccc(NC4=N[C@@H]5CS(=O)(=O)C[C@@H]5S4)cc3)CC2)c1C. The number of nitrogens with zero attached hydrogens (tertiary/aromatic N) is 3. The van der Waals surface area contributed by atoms with Gasteiger partial charge in [0.05, 0.1) is 17.5 Å². The number of aliphatic imine (C=N–C) groups is 1. The quantitative estimate of drug-likeness (QED) is 0.722. The minimum Gasteiger partial charge on any atom is -0.368 e. The van der Waals surface area contributed by atoms with Crippen LogP contribution in [0, 0.1) is 13.8 Å². The monoisotopic (exact) mass is 484 g/mol. The summed E-state index contributed by atoms with van der Waals surface area (Å²) in [5.41, 5.74) is 5.36. The number of hydrogen-bond acceptors (Lipinski definition) is 7. The molecule has 3 aliphatic heterocycles. The van der Waals surface area contributed by atoms with Crippen LogP contribution in [-0.4, -0.2) is 73.4 Å². The van der Waals surface area contributed by atoms with Crippen molar-refractivity contribution < 1.29 is 13.2 Å². The van der Waals surface area contributed by atoms with Gasteiger partial charge in [0, 0.05) is 48.4 Å². The topological polar surface area (TPSA) is 82.1 Å². The van der Waals surface area contributed by atoms with Gasteiger partial charge in [0.25, 0.3) is 5.91 Å². The number of fused-ring (bicyclic) bond motifs is 1. The predicted molar refractivity (Wildman–Crippen MR) is 135 cm³/mol. The minimum atomic E-state index is -2.95. The summed E-state index contributed by atoms with van der Waals surface area (Å²) in [7, 11) is -2.95. The third-order valence-corrected chi connectivity index (χ3v) is 9.83. The van der Waals surface area contributed by atoms with Gasteiger partial charge in [0.15, 0.2) is 15.0 Å². The zero-order valence-corrected chi connectivity index (χ0v) is 20.5. The van der Waals surface area contributed by atoms with Gasteiger partial charge in [-0.15, -0.1) is 0 Å². The minimum absolute atomic E-state index is 0.0145. The Morgan fingerprint density at radius 3 is 2.45 bits per heavy atom. The van der Waals surface area contributed by atoms with Crippen molar-refractivity contribution >= 4 is 44.0 Å². The molecule has 1 amide bonds. The zero-order chi connectivity index (χ0) is 23.2. The molecule has 33 heavy (non-hydrogen) atoms.